The summed E-state index contributed by atoms with van der Waals surface area (Å²) in [4.78, 5) is 4.27. The maximum absolute atomic E-state index is 5.66. The SMILES string of the molecule is CCCc1noc(COc2ccc(C(C)NCC)cc2)n1. The van der Waals surface area contributed by atoms with Crippen molar-refractivity contribution in [3.63, 3.8) is 0 Å². The fraction of sp³-hybridized carbons (Fsp3) is 0.500. The number of nitrogens with one attached hydrogen (secondary N) is 1. The van der Waals surface area contributed by atoms with E-state index in [1.54, 1.807) is 0 Å². The Kier molecular flexibility index (Phi) is 5.75. The van der Waals surface area contributed by atoms with Crippen molar-refractivity contribution in [2.24, 2.45) is 0 Å². The van der Waals surface area contributed by atoms with E-state index in [1.807, 2.05) is 12.1 Å². The molecule has 114 valence electrons. The van der Waals surface area contributed by atoms with Gasteiger partial charge < -0.3 is 14.6 Å². The van der Waals surface area contributed by atoms with Gasteiger partial charge in [0.05, 0.1) is 0 Å². The summed E-state index contributed by atoms with van der Waals surface area (Å²) < 4.78 is 10.8. The Morgan fingerprint density at radius 3 is 2.67 bits per heavy atom. The first kappa shape index (κ1) is 15.5. The van der Waals surface area contributed by atoms with E-state index in [-0.39, 0.29) is 0 Å². The number of nitrogens with zero attached hydrogens (tertiary/aromatic N) is 2. The second kappa shape index (κ2) is 7.78. The molecular formula is C16H23N3O2. The second-order valence-corrected chi connectivity index (χ2v) is 4.99. The van der Waals surface area contributed by atoms with E-state index < -0.39 is 0 Å². The number of aromatic nitrogens is 2. The molecular weight excluding hydrogens is 266 g/mol. The first-order valence-corrected chi connectivity index (χ1v) is 7.50. The van der Waals surface area contributed by atoms with E-state index in [2.05, 4.69) is 48.4 Å². The summed E-state index contributed by atoms with van der Waals surface area (Å²) in [7, 11) is 0. The molecule has 1 heterocycles. The third-order valence-electron chi connectivity index (χ3n) is 3.24. The van der Waals surface area contributed by atoms with Crippen LogP contribution in [0.5, 0.6) is 5.75 Å². The maximum atomic E-state index is 5.66. The molecule has 0 amide bonds. The fourth-order valence-electron chi connectivity index (χ4n) is 2.10. The molecule has 0 aliphatic carbocycles. The van der Waals surface area contributed by atoms with Gasteiger partial charge >= 0.3 is 0 Å². The molecule has 0 saturated carbocycles. The largest absolute Gasteiger partial charge is 0.484 e. The van der Waals surface area contributed by atoms with Crippen LogP contribution >= 0.6 is 0 Å². The van der Waals surface area contributed by atoms with Crippen molar-refractivity contribution < 1.29 is 9.26 Å². The predicted molar refractivity (Wildman–Crippen MR) is 81.2 cm³/mol. The van der Waals surface area contributed by atoms with Gasteiger partial charge in [0.2, 0.25) is 0 Å². The second-order valence-electron chi connectivity index (χ2n) is 4.99. The van der Waals surface area contributed by atoms with Crippen LogP contribution in [-0.2, 0) is 13.0 Å². The Hall–Kier alpha value is -1.88. The number of benzene rings is 1. The van der Waals surface area contributed by atoms with Crippen LogP contribution in [0.3, 0.4) is 0 Å². The Balaban J connectivity index is 1.88. The molecule has 2 rings (SSSR count). The first-order valence-electron chi connectivity index (χ1n) is 7.50. The molecule has 0 aliphatic heterocycles. The number of hydrogen-bond acceptors (Lipinski definition) is 5. The van der Waals surface area contributed by atoms with Crippen molar-refractivity contribution in [1.29, 1.82) is 0 Å². The Morgan fingerprint density at radius 1 is 1.24 bits per heavy atom. The van der Waals surface area contributed by atoms with Crippen LogP contribution in [0.1, 0.15) is 50.5 Å². The zero-order chi connectivity index (χ0) is 15.1. The van der Waals surface area contributed by atoms with Gasteiger partial charge in [-0.1, -0.05) is 31.1 Å². The molecule has 0 spiro atoms. The molecule has 0 aliphatic rings. The monoisotopic (exact) mass is 289 g/mol. The summed E-state index contributed by atoms with van der Waals surface area (Å²) in [6.45, 7) is 7.59. The number of rotatable bonds is 8. The Bertz CT molecular complexity index is 537. The van der Waals surface area contributed by atoms with Crippen molar-refractivity contribution in [2.45, 2.75) is 46.3 Å². The minimum absolute atomic E-state index is 0.304. The third kappa shape index (κ3) is 4.56. The smallest absolute Gasteiger partial charge is 0.264 e. The van der Waals surface area contributed by atoms with Gasteiger partial charge in [0.25, 0.3) is 5.89 Å². The summed E-state index contributed by atoms with van der Waals surface area (Å²) in [5.74, 6) is 2.06. The lowest BCUT2D eigenvalue weighted by Gasteiger charge is -2.13. The van der Waals surface area contributed by atoms with Gasteiger partial charge in [-0.25, -0.2) is 0 Å². The highest BCUT2D eigenvalue weighted by molar-refractivity contribution is 5.28. The van der Waals surface area contributed by atoms with Crippen LogP contribution in [0.25, 0.3) is 0 Å². The molecule has 0 bridgehead atoms. The lowest BCUT2D eigenvalue weighted by molar-refractivity contribution is 0.242. The summed E-state index contributed by atoms with van der Waals surface area (Å²) in [5.41, 5.74) is 1.24. The van der Waals surface area contributed by atoms with Gasteiger partial charge in [-0.2, -0.15) is 4.98 Å². The maximum Gasteiger partial charge on any atom is 0.264 e. The summed E-state index contributed by atoms with van der Waals surface area (Å²) >= 11 is 0. The minimum atomic E-state index is 0.304. The summed E-state index contributed by atoms with van der Waals surface area (Å²) in [6, 6.07) is 8.41. The number of hydrogen-bond donors (Lipinski definition) is 1. The van der Waals surface area contributed by atoms with E-state index >= 15 is 0 Å². The van der Waals surface area contributed by atoms with E-state index in [4.69, 9.17) is 9.26 Å². The average Bonchev–Trinajstić information content (AvgIpc) is 2.94. The molecule has 2 aromatic rings. The van der Waals surface area contributed by atoms with Crippen molar-refractivity contribution in [1.82, 2.24) is 15.5 Å². The predicted octanol–water partition coefficient (Wildman–Crippen LogP) is 3.27. The third-order valence-corrected chi connectivity index (χ3v) is 3.24. The molecule has 0 fully saturated rings. The van der Waals surface area contributed by atoms with E-state index in [1.165, 1.54) is 5.56 Å². The topological polar surface area (TPSA) is 60.2 Å². The highest BCUT2D eigenvalue weighted by atomic mass is 16.5. The van der Waals surface area contributed by atoms with Gasteiger partial charge in [0.1, 0.15) is 5.75 Å². The standard InChI is InChI=1S/C16H23N3O2/c1-4-6-15-18-16(21-19-15)11-20-14-9-7-13(8-10-14)12(3)17-5-2/h7-10,12,17H,4-6,11H2,1-3H3. The fourth-order valence-corrected chi connectivity index (χ4v) is 2.10. The van der Waals surface area contributed by atoms with Crippen LogP contribution in [0.15, 0.2) is 28.8 Å². The highest BCUT2D eigenvalue weighted by Crippen LogP contribution is 2.18. The molecule has 0 saturated heterocycles. The van der Waals surface area contributed by atoms with Gasteiger partial charge in [-0.15, -0.1) is 0 Å². The van der Waals surface area contributed by atoms with Gasteiger partial charge in [0.15, 0.2) is 12.4 Å². The van der Waals surface area contributed by atoms with Crippen LogP contribution < -0.4 is 10.1 Å². The Labute approximate surface area is 125 Å². The molecule has 5 nitrogen and oxygen atoms in total. The lowest BCUT2D eigenvalue weighted by Crippen LogP contribution is -2.17. The molecule has 0 radical (unpaired) electrons. The molecule has 1 unspecified atom stereocenters. The molecule has 1 atom stereocenters. The first-order chi connectivity index (χ1) is 10.2. The van der Waals surface area contributed by atoms with E-state index in [0.717, 1.165) is 31.0 Å². The summed E-state index contributed by atoms with van der Waals surface area (Å²) in [5, 5.41) is 7.28. The lowest BCUT2D eigenvalue weighted by atomic mass is 10.1. The number of ether oxygens (including phenoxy) is 1. The van der Waals surface area contributed by atoms with Gasteiger partial charge in [-0.3, -0.25) is 0 Å². The normalized spacial score (nSPS) is 12.3. The van der Waals surface area contributed by atoms with Gasteiger partial charge in [0, 0.05) is 12.5 Å². The van der Waals surface area contributed by atoms with Crippen molar-refractivity contribution in [3.05, 3.63) is 41.5 Å². The van der Waals surface area contributed by atoms with E-state index in [0.29, 0.717) is 18.5 Å². The quantitative estimate of drug-likeness (QED) is 0.808. The zero-order valence-corrected chi connectivity index (χ0v) is 12.9. The van der Waals surface area contributed by atoms with Crippen LogP contribution in [0.4, 0.5) is 0 Å². The van der Waals surface area contributed by atoms with Crippen LogP contribution in [-0.4, -0.2) is 16.7 Å². The van der Waals surface area contributed by atoms with Crippen LogP contribution in [0.2, 0.25) is 0 Å². The van der Waals surface area contributed by atoms with Crippen LogP contribution in [0, 0.1) is 0 Å². The molecule has 1 aromatic carbocycles. The van der Waals surface area contributed by atoms with E-state index in [9.17, 15) is 0 Å². The van der Waals surface area contributed by atoms with Gasteiger partial charge in [-0.05, 0) is 37.6 Å². The highest BCUT2D eigenvalue weighted by Gasteiger charge is 2.07. The zero-order valence-electron chi connectivity index (χ0n) is 12.9. The molecule has 1 aromatic heterocycles. The minimum Gasteiger partial charge on any atom is -0.484 e. The molecule has 21 heavy (non-hydrogen) atoms. The Morgan fingerprint density at radius 2 is 2.00 bits per heavy atom. The molecule has 5 heteroatoms. The number of aryl methyl sites for hydroxylation is 1. The van der Waals surface area contributed by atoms with Crippen molar-refractivity contribution in [2.75, 3.05) is 6.54 Å². The molecule has 1 N–H and O–H groups in total. The van der Waals surface area contributed by atoms with Crippen molar-refractivity contribution in [3.8, 4) is 5.75 Å². The summed E-state index contributed by atoms with van der Waals surface area (Å²) in [6.07, 6.45) is 1.84. The average molecular weight is 289 g/mol. The van der Waals surface area contributed by atoms with Crippen molar-refractivity contribution >= 4 is 0 Å².